The number of alkyl halides is 3. The summed E-state index contributed by atoms with van der Waals surface area (Å²) in [6.45, 7) is 2.54. The highest BCUT2D eigenvalue weighted by Gasteiger charge is 2.35. The zero-order valence-electron chi connectivity index (χ0n) is 20.6. The van der Waals surface area contributed by atoms with E-state index in [0.717, 1.165) is 41.2 Å². The Morgan fingerprint density at radius 3 is 2.53 bits per heavy atom. The summed E-state index contributed by atoms with van der Waals surface area (Å²) in [5, 5.41) is 5.64. The summed E-state index contributed by atoms with van der Waals surface area (Å²) in [5.41, 5.74) is 3.54. The van der Waals surface area contributed by atoms with Crippen molar-refractivity contribution in [1.82, 2.24) is 39.3 Å². The summed E-state index contributed by atoms with van der Waals surface area (Å²) in [6, 6.07) is 7.25. The maximum atomic E-state index is 13.2. The number of benzene rings is 1. The third-order valence-corrected chi connectivity index (χ3v) is 6.60. The number of rotatable bonds is 7. The van der Waals surface area contributed by atoms with Crippen molar-refractivity contribution in [2.45, 2.75) is 44.9 Å². The molecule has 5 aromatic rings. The van der Waals surface area contributed by atoms with Gasteiger partial charge in [0.05, 0.1) is 30.3 Å². The third kappa shape index (κ3) is 4.25. The van der Waals surface area contributed by atoms with E-state index >= 15 is 0 Å². The minimum atomic E-state index is -4.50. The summed E-state index contributed by atoms with van der Waals surface area (Å²) in [7, 11) is 1.57. The Morgan fingerprint density at radius 2 is 1.84 bits per heavy atom. The second kappa shape index (κ2) is 9.19. The van der Waals surface area contributed by atoms with Crippen molar-refractivity contribution >= 4 is 11.0 Å². The van der Waals surface area contributed by atoms with Gasteiger partial charge in [0.15, 0.2) is 11.3 Å². The molecule has 0 amide bonds. The molecule has 0 bridgehead atoms. The van der Waals surface area contributed by atoms with E-state index in [9.17, 15) is 13.2 Å². The number of imidazole rings is 1. The normalized spacial score (nSPS) is 13.8. The van der Waals surface area contributed by atoms with Crippen molar-refractivity contribution in [3.05, 3.63) is 66.3 Å². The lowest BCUT2D eigenvalue weighted by Gasteiger charge is -2.10. The van der Waals surface area contributed by atoms with Crippen LogP contribution in [0.2, 0.25) is 0 Å². The standard InChI is InChI=1S/C26H23F3N8O/c1-3-36-12-19(26(27,28)29)34-23(36)17-6-4-15(5-7-17)11-37-24-18(10-30-13-32-24)22(35-37)20-21(16-8-9-16)31-14-33-25(20)38-2/h4-7,10,12-14,16H,3,8-9,11H2,1-2H3. The van der Waals surface area contributed by atoms with E-state index < -0.39 is 11.9 Å². The molecule has 4 aromatic heterocycles. The second-order valence-corrected chi connectivity index (χ2v) is 9.11. The van der Waals surface area contributed by atoms with Crippen molar-refractivity contribution < 1.29 is 17.9 Å². The number of nitrogens with zero attached hydrogens (tertiary/aromatic N) is 8. The predicted molar refractivity (Wildman–Crippen MR) is 132 cm³/mol. The first-order valence-corrected chi connectivity index (χ1v) is 12.2. The number of aryl methyl sites for hydroxylation is 1. The molecule has 0 unspecified atom stereocenters. The van der Waals surface area contributed by atoms with Crippen LogP contribution in [0.15, 0.2) is 49.3 Å². The molecule has 0 atom stereocenters. The second-order valence-electron chi connectivity index (χ2n) is 9.11. The molecule has 1 saturated carbocycles. The Hall–Kier alpha value is -4.35. The minimum absolute atomic E-state index is 0.273. The van der Waals surface area contributed by atoms with Gasteiger partial charge in [-0.3, -0.25) is 0 Å². The molecule has 6 rings (SSSR count). The number of halogens is 3. The number of hydrogen-bond donors (Lipinski definition) is 0. The van der Waals surface area contributed by atoms with Crippen LogP contribution < -0.4 is 4.74 Å². The minimum Gasteiger partial charge on any atom is -0.480 e. The van der Waals surface area contributed by atoms with E-state index in [1.165, 1.54) is 17.2 Å². The maximum Gasteiger partial charge on any atom is 0.434 e. The van der Waals surface area contributed by atoms with Gasteiger partial charge in [0, 0.05) is 30.4 Å². The fourth-order valence-electron chi connectivity index (χ4n) is 4.59. The SMILES string of the molecule is CCn1cc(C(F)(F)F)nc1-c1ccc(Cn2nc(-c3c(OC)ncnc3C3CC3)c3cncnc32)cc1. The van der Waals surface area contributed by atoms with Crippen molar-refractivity contribution in [2.24, 2.45) is 0 Å². The fraction of sp³-hybridized carbons (Fsp3) is 0.308. The first kappa shape index (κ1) is 24.0. The molecular weight excluding hydrogens is 497 g/mol. The van der Waals surface area contributed by atoms with Gasteiger partial charge in [-0.15, -0.1) is 0 Å². The predicted octanol–water partition coefficient (Wildman–Crippen LogP) is 5.12. The van der Waals surface area contributed by atoms with E-state index in [1.54, 1.807) is 37.0 Å². The number of ether oxygens (including phenoxy) is 1. The van der Waals surface area contributed by atoms with Crippen molar-refractivity contribution in [3.8, 4) is 28.5 Å². The van der Waals surface area contributed by atoms with Gasteiger partial charge in [0.2, 0.25) is 5.88 Å². The Labute approximate surface area is 215 Å². The largest absolute Gasteiger partial charge is 0.480 e. The van der Waals surface area contributed by atoms with Crippen LogP contribution in [0.4, 0.5) is 13.2 Å². The molecule has 12 heteroatoms. The first-order chi connectivity index (χ1) is 18.4. The molecule has 1 fully saturated rings. The highest BCUT2D eigenvalue weighted by molar-refractivity contribution is 5.92. The molecule has 0 saturated heterocycles. The lowest BCUT2D eigenvalue weighted by Crippen LogP contribution is -2.05. The average Bonchev–Trinajstić information content (AvgIpc) is 3.57. The van der Waals surface area contributed by atoms with Crippen LogP contribution in [0.1, 0.15) is 42.6 Å². The van der Waals surface area contributed by atoms with Crippen molar-refractivity contribution in [2.75, 3.05) is 7.11 Å². The van der Waals surface area contributed by atoms with Gasteiger partial charge in [-0.05, 0) is 25.3 Å². The molecule has 4 heterocycles. The third-order valence-electron chi connectivity index (χ3n) is 6.60. The van der Waals surface area contributed by atoms with Gasteiger partial charge in [0.25, 0.3) is 0 Å². The average molecular weight is 521 g/mol. The topological polar surface area (TPSA) is 96.4 Å². The van der Waals surface area contributed by atoms with Gasteiger partial charge >= 0.3 is 6.18 Å². The number of aromatic nitrogens is 8. The summed E-state index contributed by atoms with van der Waals surface area (Å²) in [6.07, 6.45) is 3.34. The van der Waals surface area contributed by atoms with Gasteiger partial charge in [-0.1, -0.05) is 24.3 Å². The molecule has 0 aliphatic heterocycles. The highest BCUT2D eigenvalue weighted by Crippen LogP contribution is 2.46. The molecule has 1 aromatic carbocycles. The smallest absolute Gasteiger partial charge is 0.434 e. The Kier molecular flexibility index (Phi) is 5.81. The molecular formula is C26H23F3N8O. The van der Waals surface area contributed by atoms with Crippen molar-refractivity contribution in [3.63, 3.8) is 0 Å². The molecule has 0 radical (unpaired) electrons. The molecule has 38 heavy (non-hydrogen) atoms. The van der Waals surface area contributed by atoms with Crippen LogP contribution in [0.5, 0.6) is 5.88 Å². The van der Waals surface area contributed by atoms with E-state index in [-0.39, 0.29) is 5.82 Å². The van der Waals surface area contributed by atoms with Gasteiger partial charge in [-0.2, -0.15) is 18.3 Å². The Morgan fingerprint density at radius 1 is 1.05 bits per heavy atom. The number of methoxy groups -OCH3 is 1. The number of hydrogen-bond acceptors (Lipinski definition) is 7. The summed E-state index contributed by atoms with van der Waals surface area (Å²) >= 11 is 0. The van der Waals surface area contributed by atoms with E-state index in [0.29, 0.717) is 41.8 Å². The van der Waals surface area contributed by atoms with Crippen LogP contribution in [0, 0.1) is 0 Å². The van der Waals surface area contributed by atoms with Gasteiger partial charge in [0.1, 0.15) is 24.2 Å². The maximum absolute atomic E-state index is 13.2. The molecule has 0 N–H and O–H groups in total. The van der Waals surface area contributed by atoms with Gasteiger partial charge < -0.3 is 9.30 Å². The molecule has 194 valence electrons. The lowest BCUT2D eigenvalue weighted by molar-refractivity contribution is -0.140. The quantitative estimate of drug-likeness (QED) is 0.294. The van der Waals surface area contributed by atoms with Crippen LogP contribution in [-0.2, 0) is 19.3 Å². The Bertz CT molecular complexity index is 1620. The first-order valence-electron chi connectivity index (χ1n) is 12.2. The van der Waals surface area contributed by atoms with Crippen molar-refractivity contribution in [1.29, 1.82) is 0 Å². The Balaban J connectivity index is 1.37. The van der Waals surface area contributed by atoms with E-state index in [1.807, 2.05) is 12.1 Å². The van der Waals surface area contributed by atoms with E-state index in [4.69, 9.17) is 9.84 Å². The van der Waals surface area contributed by atoms with E-state index in [2.05, 4.69) is 24.9 Å². The van der Waals surface area contributed by atoms with Gasteiger partial charge in [-0.25, -0.2) is 29.6 Å². The molecule has 1 aliphatic carbocycles. The number of fused-ring (bicyclic) bond motifs is 1. The highest BCUT2D eigenvalue weighted by atomic mass is 19.4. The monoisotopic (exact) mass is 520 g/mol. The lowest BCUT2D eigenvalue weighted by atomic mass is 10.1. The van der Waals surface area contributed by atoms with Crippen LogP contribution >= 0.6 is 0 Å². The summed E-state index contributed by atoms with van der Waals surface area (Å²) in [5.74, 6) is 1.06. The molecule has 1 aliphatic rings. The van der Waals surface area contributed by atoms with Crippen LogP contribution in [-0.4, -0.2) is 46.4 Å². The zero-order valence-corrected chi connectivity index (χ0v) is 20.6. The zero-order chi connectivity index (χ0) is 26.4. The van der Waals surface area contributed by atoms with Crippen LogP contribution in [0.3, 0.4) is 0 Å². The van der Waals surface area contributed by atoms with Crippen LogP contribution in [0.25, 0.3) is 33.7 Å². The molecule has 9 nitrogen and oxygen atoms in total. The molecule has 0 spiro atoms. The summed E-state index contributed by atoms with van der Waals surface area (Å²) in [4.78, 5) is 21.4. The summed E-state index contributed by atoms with van der Waals surface area (Å²) < 4.78 is 48.4. The fourth-order valence-corrected chi connectivity index (χ4v) is 4.59.